The Kier molecular flexibility index (Phi) is 5.77. The molecule has 0 aliphatic carbocycles. The number of non-ortho nitro benzene ring substituents is 1. The SMILES string of the molecule is Cc1ccc(-n2ncc3c(=O)n4c(nc32)SCC4CC(=O)Nc2ccc([N+](=O)[O-])cc2C#N)cc1C. The number of aryl methyl sites for hydroxylation is 2. The second kappa shape index (κ2) is 8.94. The van der Waals surface area contributed by atoms with E-state index in [1.165, 1.54) is 34.7 Å². The molecule has 12 heteroatoms. The Morgan fingerprint density at radius 1 is 1.28 bits per heavy atom. The number of carbonyl (C=O) groups is 1. The van der Waals surface area contributed by atoms with Gasteiger partial charge in [0.15, 0.2) is 10.8 Å². The number of aromatic nitrogens is 4. The average molecular weight is 502 g/mol. The van der Waals surface area contributed by atoms with E-state index >= 15 is 0 Å². The number of nitro groups is 1. The van der Waals surface area contributed by atoms with Crippen LogP contribution in [0.25, 0.3) is 16.7 Å². The van der Waals surface area contributed by atoms with Crippen LogP contribution in [0, 0.1) is 35.3 Å². The number of fused-ring (bicyclic) bond motifs is 2. The highest BCUT2D eigenvalue weighted by molar-refractivity contribution is 7.99. The number of nitriles is 1. The molecule has 4 aromatic rings. The van der Waals surface area contributed by atoms with Gasteiger partial charge in [0, 0.05) is 24.3 Å². The molecule has 0 saturated heterocycles. The molecular formula is C24H19N7O4S. The molecule has 0 spiro atoms. The molecule has 1 atom stereocenters. The third-order valence-corrected chi connectivity index (χ3v) is 7.23. The normalized spacial score (nSPS) is 14.4. The number of carbonyl (C=O) groups excluding carboxylic acids is 1. The summed E-state index contributed by atoms with van der Waals surface area (Å²) in [5.74, 6) is 0.0571. The summed E-state index contributed by atoms with van der Waals surface area (Å²) >= 11 is 1.38. The first-order valence-electron chi connectivity index (χ1n) is 11.0. The molecule has 1 aliphatic rings. The van der Waals surface area contributed by atoms with Gasteiger partial charge in [0.1, 0.15) is 11.5 Å². The van der Waals surface area contributed by atoms with Crippen LogP contribution in [-0.2, 0) is 4.79 Å². The lowest BCUT2D eigenvalue weighted by molar-refractivity contribution is -0.384. The third kappa shape index (κ3) is 3.99. The van der Waals surface area contributed by atoms with Gasteiger partial charge in [0.25, 0.3) is 11.2 Å². The van der Waals surface area contributed by atoms with Crippen LogP contribution in [0.4, 0.5) is 11.4 Å². The zero-order valence-corrected chi connectivity index (χ0v) is 20.1. The number of nitrogens with zero attached hydrogens (tertiary/aromatic N) is 6. The summed E-state index contributed by atoms with van der Waals surface area (Å²) in [7, 11) is 0. The maximum atomic E-state index is 13.4. The molecule has 0 fully saturated rings. The van der Waals surface area contributed by atoms with Crippen molar-refractivity contribution in [3.63, 3.8) is 0 Å². The molecule has 2 aromatic heterocycles. The monoisotopic (exact) mass is 501 g/mol. The smallest absolute Gasteiger partial charge is 0.270 e. The highest BCUT2D eigenvalue weighted by Crippen LogP contribution is 2.34. The molecule has 1 amide bonds. The van der Waals surface area contributed by atoms with Gasteiger partial charge < -0.3 is 5.32 Å². The van der Waals surface area contributed by atoms with E-state index in [0.29, 0.717) is 21.9 Å². The van der Waals surface area contributed by atoms with Gasteiger partial charge in [-0.2, -0.15) is 10.4 Å². The fourth-order valence-corrected chi connectivity index (χ4v) is 5.22. The highest BCUT2D eigenvalue weighted by atomic mass is 32.2. The molecule has 36 heavy (non-hydrogen) atoms. The number of amides is 1. The summed E-state index contributed by atoms with van der Waals surface area (Å²) < 4.78 is 3.16. The summed E-state index contributed by atoms with van der Waals surface area (Å²) in [5, 5.41) is 28.1. The Labute approximate surface area is 208 Å². The van der Waals surface area contributed by atoms with Crippen molar-refractivity contribution in [3.8, 4) is 11.8 Å². The number of hydrogen-bond donors (Lipinski definition) is 1. The molecule has 1 aliphatic heterocycles. The molecule has 0 radical (unpaired) electrons. The Morgan fingerprint density at radius 2 is 2.08 bits per heavy atom. The molecule has 3 heterocycles. The molecule has 0 bridgehead atoms. The van der Waals surface area contributed by atoms with E-state index < -0.39 is 16.9 Å². The van der Waals surface area contributed by atoms with E-state index in [9.17, 15) is 25.0 Å². The number of nitro benzene ring substituents is 1. The highest BCUT2D eigenvalue weighted by Gasteiger charge is 2.30. The van der Waals surface area contributed by atoms with Crippen LogP contribution in [0.15, 0.2) is 52.5 Å². The molecule has 0 saturated carbocycles. The van der Waals surface area contributed by atoms with Gasteiger partial charge in [-0.25, -0.2) is 9.67 Å². The van der Waals surface area contributed by atoms with Crippen LogP contribution < -0.4 is 10.9 Å². The van der Waals surface area contributed by atoms with Crippen molar-refractivity contribution in [1.29, 1.82) is 5.26 Å². The van der Waals surface area contributed by atoms with Crippen LogP contribution >= 0.6 is 11.8 Å². The van der Waals surface area contributed by atoms with E-state index in [-0.39, 0.29) is 28.9 Å². The van der Waals surface area contributed by atoms with E-state index in [4.69, 9.17) is 0 Å². The zero-order valence-electron chi connectivity index (χ0n) is 19.3. The quantitative estimate of drug-likeness (QED) is 0.247. The molecule has 1 N–H and O–H groups in total. The Morgan fingerprint density at radius 3 is 2.81 bits per heavy atom. The van der Waals surface area contributed by atoms with Crippen molar-refractivity contribution in [2.24, 2.45) is 0 Å². The van der Waals surface area contributed by atoms with E-state index in [1.807, 2.05) is 38.1 Å². The minimum atomic E-state index is -0.610. The first kappa shape index (κ1) is 23.3. The lowest BCUT2D eigenvalue weighted by Crippen LogP contribution is -2.28. The molecule has 5 rings (SSSR count). The van der Waals surface area contributed by atoms with Crippen LogP contribution in [0.3, 0.4) is 0 Å². The maximum absolute atomic E-state index is 13.4. The van der Waals surface area contributed by atoms with Gasteiger partial charge >= 0.3 is 0 Å². The largest absolute Gasteiger partial charge is 0.325 e. The Bertz CT molecular complexity index is 1670. The number of benzene rings is 2. The molecule has 180 valence electrons. The number of anilines is 1. The summed E-state index contributed by atoms with van der Waals surface area (Å²) in [6.45, 7) is 4.03. The van der Waals surface area contributed by atoms with Gasteiger partial charge in [0.2, 0.25) is 5.91 Å². The van der Waals surface area contributed by atoms with Gasteiger partial charge in [-0.3, -0.25) is 24.3 Å². The average Bonchev–Trinajstić information content (AvgIpc) is 3.46. The fraction of sp³-hybridized carbons (Fsp3) is 0.208. The summed E-state index contributed by atoms with van der Waals surface area (Å²) in [6, 6.07) is 11.0. The Hall–Kier alpha value is -4.50. The topological polar surface area (TPSA) is 149 Å². The minimum Gasteiger partial charge on any atom is -0.325 e. The molecule has 1 unspecified atom stereocenters. The van der Waals surface area contributed by atoms with Gasteiger partial charge in [0.05, 0.1) is 34.1 Å². The van der Waals surface area contributed by atoms with E-state index in [2.05, 4.69) is 15.4 Å². The van der Waals surface area contributed by atoms with Gasteiger partial charge in [-0.05, 0) is 43.2 Å². The summed E-state index contributed by atoms with van der Waals surface area (Å²) in [6.07, 6.45) is 1.46. The zero-order chi connectivity index (χ0) is 25.6. The fourth-order valence-electron chi connectivity index (χ4n) is 4.09. The lowest BCUT2D eigenvalue weighted by atomic mass is 10.1. The van der Waals surface area contributed by atoms with Crippen LogP contribution in [-0.4, -0.2) is 35.9 Å². The lowest BCUT2D eigenvalue weighted by Gasteiger charge is -2.14. The van der Waals surface area contributed by atoms with Crippen LogP contribution in [0.5, 0.6) is 0 Å². The Balaban J connectivity index is 1.42. The van der Waals surface area contributed by atoms with Crippen molar-refractivity contribution in [2.45, 2.75) is 31.5 Å². The number of thioether (sulfide) groups is 1. The molecule has 11 nitrogen and oxygen atoms in total. The maximum Gasteiger partial charge on any atom is 0.270 e. The second-order valence-corrected chi connectivity index (χ2v) is 9.43. The standard InChI is InChI=1S/C24H19N7O4S/c1-13-3-4-16(7-14(13)2)30-22-19(11-26-30)23(33)29-18(12-36-24(29)28-22)9-21(32)27-20-6-5-17(31(34)35)8-15(20)10-25/h3-8,11,18H,9,12H2,1-2H3,(H,27,32). The first-order valence-corrected chi connectivity index (χ1v) is 11.9. The van der Waals surface area contributed by atoms with Crippen molar-refractivity contribution in [2.75, 3.05) is 11.1 Å². The minimum absolute atomic E-state index is 0.0157. The first-order chi connectivity index (χ1) is 17.3. The van der Waals surface area contributed by atoms with Crippen molar-refractivity contribution >= 4 is 40.1 Å². The van der Waals surface area contributed by atoms with Gasteiger partial charge in [-0.15, -0.1) is 0 Å². The second-order valence-electron chi connectivity index (χ2n) is 8.45. The van der Waals surface area contributed by atoms with Crippen molar-refractivity contribution < 1.29 is 9.72 Å². The third-order valence-electron chi connectivity index (χ3n) is 6.14. The van der Waals surface area contributed by atoms with Crippen LogP contribution in [0.2, 0.25) is 0 Å². The van der Waals surface area contributed by atoms with E-state index in [0.717, 1.165) is 22.9 Å². The van der Waals surface area contributed by atoms with E-state index in [1.54, 1.807) is 4.68 Å². The molecular weight excluding hydrogens is 482 g/mol. The van der Waals surface area contributed by atoms with Crippen molar-refractivity contribution in [1.82, 2.24) is 19.3 Å². The number of rotatable bonds is 5. The van der Waals surface area contributed by atoms with Gasteiger partial charge in [-0.1, -0.05) is 17.8 Å². The van der Waals surface area contributed by atoms with Crippen molar-refractivity contribution in [3.05, 3.63) is 79.8 Å². The number of nitrogens with one attached hydrogen (secondary N) is 1. The summed E-state index contributed by atoms with van der Waals surface area (Å²) in [5.41, 5.74) is 3.15. The molecule has 2 aromatic carbocycles. The predicted octanol–water partition coefficient (Wildman–Crippen LogP) is 3.65. The predicted molar refractivity (Wildman–Crippen MR) is 133 cm³/mol. The summed E-state index contributed by atoms with van der Waals surface area (Å²) in [4.78, 5) is 41.2. The number of hydrogen-bond acceptors (Lipinski definition) is 8. The van der Waals surface area contributed by atoms with Crippen LogP contribution in [0.1, 0.15) is 29.2 Å².